The summed E-state index contributed by atoms with van der Waals surface area (Å²) in [4.78, 5) is 25.4. The Bertz CT molecular complexity index is 506. The number of hydrogen-bond donors (Lipinski definition) is 1. The van der Waals surface area contributed by atoms with Gasteiger partial charge in [0, 0.05) is 19.0 Å². The molecule has 1 fully saturated rings. The lowest BCUT2D eigenvalue weighted by atomic mass is 9.93. The quantitative estimate of drug-likeness (QED) is 0.839. The van der Waals surface area contributed by atoms with Crippen molar-refractivity contribution in [3.8, 4) is 0 Å². The molecule has 0 spiro atoms. The van der Waals surface area contributed by atoms with Gasteiger partial charge in [0.2, 0.25) is 5.91 Å². The lowest BCUT2D eigenvalue weighted by molar-refractivity contribution is -0.139. The Balaban J connectivity index is 2.10. The van der Waals surface area contributed by atoms with Crippen LogP contribution in [0.1, 0.15) is 45.1 Å². The highest BCUT2D eigenvalue weighted by atomic mass is 16.4. The van der Waals surface area contributed by atoms with E-state index in [2.05, 4.69) is 0 Å². The van der Waals surface area contributed by atoms with E-state index >= 15 is 0 Å². The van der Waals surface area contributed by atoms with Gasteiger partial charge in [0.25, 0.3) is 0 Å². The molecule has 0 heterocycles. The molecule has 0 radical (unpaired) electrons. The number of carboxylic acid groups (broad SMARTS) is 1. The van der Waals surface area contributed by atoms with Gasteiger partial charge in [0.15, 0.2) is 0 Å². The minimum absolute atomic E-state index is 0.0903. The fourth-order valence-electron chi connectivity index (χ4n) is 2.78. The summed E-state index contributed by atoms with van der Waals surface area (Å²) in [6.45, 7) is 4.48. The van der Waals surface area contributed by atoms with Crippen LogP contribution in [0.15, 0.2) is 30.3 Å². The Morgan fingerprint density at radius 1 is 1.24 bits per heavy atom. The molecule has 0 aliphatic heterocycles. The molecule has 4 nitrogen and oxygen atoms in total. The van der Waals surface area contributed by atoms with Crippen LogP contribution in [-0.4, -0.2) is 34.5 Å². The number of amides is 1. The maximum atomic E-state index is 12.9. The number of nitrogens with zero attached hydrogens (tertiary/aromatic N) is 1. The Kier molecular flexibility index (Phi) is 4.66. The maximum absolute atomic E-state index is 12.9. The third kappa shape index (κ3) is 3.43. The number of rotatable bonds is 7. The van der Waals surface area contributed by atoms with Gasteiger partial charge in [0.05, 0.1) is 5.41 Å². The van der Waals surface area contributed by atoms with Crippen molar-refractivity contribution < 1.29 is 14.7 Å². The monoisotopic (exact) mass is 289 g/mol. The van der Waals surface area contributed by atoms with Crippen LogP contribution in [-0.2, 0) is 15.0 Å². The molecule has 114 valence electrons. The van der Waals surface area contributed by atoms with E-state index in [1.807, 2.05) is 49.1 Å². The van der Waals surface area contributed by atoms with Crippen LogP contribution < -0.4 is 0 Å². The fraction of sp³-hybridized carbons (Fsp3) is 0.529. The average molecular weight is 289 g/mol. The second kappa shape index (κ2) is 6.29. The molecule has 1 aromatic rings. The van der Waals surface area contributed by atoms with Gasteiger partial charge in [-0.15, -0.1) is 0 Å². The molecular weight excluding hydrogens is 266 g/mol. The zero-order valence-electron chi connectivity index (χ0n) is 12.7. The van der Waals surface area contributed by atoms with E-state index in [4.69, 9.17) is 5.11 Å². The molecule has 0 saturated heterocycles. The van der Waals surface area contributed by atoms with Crippen molar-refractivity contribution in [3.63, 3.8) is 0 Å². The first kappa shape index (κ1) is 15.5. The highest BCUT2D eigenvalue weighted by molar-refractivity contribution is 5.91. The summed E-state index contributed by atoms with van der Waals surface area (Å²) in [6.07, 6.45) is 2.38. The second-order valence-electron chi connectivity index (χ2n) is 6.04. The van der Waals surface area contributed by atoms with E-state index in [1.165, 1.54) is 0 Å². The lowest BCUT2D eigenvalue weighted by Crippen LogP contribution is -2.44. The van der Waals surface area contributed by atoms with Gasteiger partial charge in [-0.3, -0.25) is 9.59 Å². The third-order valence-corrected chi connectivity index (χ3v) is 4.16. The number of benzene rings is 1. The largest absolute Gasteiger partial charge is 0.481 e. The van der Waals surface area contributed by atoms with Gasteiger partial charge < -0.3 is 10.0 Å². The summed E-state index contributed by atoms with van der Waals surface area (Å²) in [5.41, 5.74) is 0.716. The SMILES string of the molecule is CC(C)N(CCCC(=O)O)C(=O)C1(c2ccccc2)CC1. The molecule has 1 amide bonds. The molecule has 0 bridgehead atoms. The van der Waals surface area contributed by atoms with Gasteiger partial charge >= 0.3 is 5.97 Å². The molecule has 1 N–H and O–H groups in total. The molecule has 21 heavy (non-hydrogen) atoms. The van der Waals surface area contributed by atoms with Crippen molar-refractivity contribution in [2.75, 3.05) is 6.54 Å². The maximum Gasteiger partial charge on any atom is 0.303 e. The van der Waals surface area contributed by atoms with E-state index in [0.29, 0.717) is 13.0 Å². The van der Waals surface area contributed by atoms with Crippen molar-refractivity contribution in [1.29, 1.82) is 0 Å². The van der Waals surface area contributed by atoms with E-state index < -0.39 is 5.97 Å². The standard InChI is InChI=1S/C17H23NO3/c1-13(2)18(12-6-9-15(19)20)16(21)17(10-11-17)14-7-4-3-5-8-14/h3-5,7-8,13H,6,9-12H2,1-2H3,(H,19,20). The first-order chi connectivity index (χ1) is 9.97. The van der Waals surface area contributed by atoms with Gasteiger partial charge in [-0.05, 0) is 38.7 Å². The smallest absolute Gasteiger partial charge is 0.303 e. The predicted octanol–water partition coefficient (Wildman–Crippen LogP) is 2.82. The Morgan fingerprint density at radius 3 is 2.33 bits per heavy atom. The van der Waals surface area contributed by atoms with Crippen molar-refractivity contribution in [1.82, 2.24) is 4.90 Å². The predicted molar refractivity (Wildman–Crippen MR) is 81.1 cm³/mol. The number of carbonyl (C=O) groups is 2. The summed E-state index contributed by atoms with van der Waals surface area (Å²) < 4.78 is 0. The van der Waals surface area contributed by atoms with Gasteiger partial charge in [0.1, 0.15) is 0 Å². The number of carboxylic acids is 1. The van der Waals surface area contributed by atoms with Crippen LogP contribution in [0.5, 0.6) is 0 Å². The van der Waals surface area contributed by atoms with Crippen molar-refractivity contribution in [2.24, 2.45) is 0 Å². The normalized spacial score (nSPS) is 15.8. The molecule has 1 saturated carbocycles. The minimum atomic E-state index is -0.810. The minimum Gasteiger partial charge on any atom is -0.481 e. The number of carbonyl (C=O) groups excluding carboxylic acids is 1. The van der Waals surface area contributed by atoms with Crippen LogP contribution in [0.3, 0.4) is 0 Å². The molecule has 4 heteroatoms. The zero-order valence-corrected chi connectivity index (χ0v) is 12.7. The van der Waals surface area contributed by atoms with Crippen LogP contribution in [0, 0.1) is 0 Å². The molecular formula is C17H23NO3. The molecule has 0 aromatic heterocycles. The van der Waals surface area contributed by atoms with Crippen LogP contribution >= 0.6 is 0 Å². The second-order valence-corrected chi connectivity index (χ2v) is 6.04. The third-order valence-electron chi connectivity index (χ3n) is 4.16. The van der Waals surface area contributed by atoms with Crippen molar-refractivity contribution in [2.45, 2.75) is 51.0 Å². The Morgan fingerprint density at radius 2 is 1.86 bits per heavy atom. The fourth-order valence-corrected chi connectivity index (χ4v) is 2.78. The molecule has 1 aromatic carbocycles. The molecule has 0 atom stereocenters. The molecule has 1 aliphatic carbocycles. The summed E-state index contributed by atoms with van der Waals surface area (Å²) in [6, 6.07) is 10.0. The van der Waals surface area contributed by atoms with E-state index in [1.54, 1.807) is 0 Å². The summed E-state index contributed by atoms with van der Waals surface area (Å²) in [5.74, 6) is -0.663. The Hall–Kier alpha value is -1.84. The van der Waals surface area contributed by atoms with Crippen LogP contribution in [0.4, 0.5) is 0 Å². The first-order valence-electron chi connectivity index (χ1n) is 7.56. The highest BCUT2D eigenvalue weighted by Crippen LogP contribution is 2.49. The Labute approximate surface area is 125 Å². The van der Waals surface area contributed by atoms with E-state index in [0.717, 1.165) is 18.4 Å². The zero-order chi connectivity index (χ0) is 15.5. The molecule has 0 unspecified atom stereocenters. The number of hydrogen-bond acceptors (Lipinski definition) is 2. The van der Waals surface area contributed by atoms with Crippen molar-refractivity contribution >= 4 is 11.9 Å². The van der Waals surface area contributed by atoms with Crippen molar-refractivity contribution in [3.05, 3.63) is 35.9 Å². The molecule has 2 rings (SSSR count). The average Bonchev–Trinajstić information content (AvgIpc) is 3.25. The highest BCUT2D eigenvalue weighted by Gasteiger charge is 2.53. The topological polar surface area (TPSA) is 57.6 Å². The van der Waals surface area contributed by atoms with Gasteiger partial charge in [-0.25, -0.2) is 0 Å². The van der Waals surface area contributed by atoms with Gasteiger partial charge in [-0.2, -0.15) is 0 Å². The lowest BCUT2D eigenvalue weighted by Gasteiger charge is -2.31. The van der Waals surface area contributed by atoms with E-state index in [-0.39, 0.29) is 23.8 Å². The summed E-state index contributed by atoms with van der Waals surface area (Å²) >= 11 is 0. The van der Waals surface area contributed by atoms with Gasteiger partial charge in [-0.1, -0.05) is 30.3 Å². The summed E-state index contributed by atoms with van der Waals surface area (Å²) in [7, 11) is 0. The first-order valence-corrected chi connectivity index (χ1v) is 7.56. The van der Waals surface area contributed by atoms with Crippen LogP contribution in [0.25, 0.3) is 0 Å². The van der Waals surface area contributed by atoms with Crippen LogP contribution in [0.2, 0.25) is 0 Å². The molecule has 1 aliphatic rings. The summed E-state index contributed by atoms with van der Waals surface area (Å²) in [5, 5.41) is 8.75. The number of aliphatic carboxylic acids is 1. The van der Waals surface area contributed by atoms with E-state index in [9.17, 15) is 9.59 Å².